The lowest BCUT2D eigenvalue weighted by atomic mass is 9.98. The Balaban J connectivity index is 1.68. The van der Waals surface area contributed by atoms with E-state index < -0.39 is 0 Å². The third-order valence-corrected chi connectivity index (χ3v) is 5.05. The quantitative estimate of drug-likeness (QED) is 0.560. The van der Waals surface area contributed by atoms with Crippen LogP contribution in [0.15, 0.2) is 77.4 Å². The predicted octanol–water partition coefficient (Wildman–Crippen LogP) is 4.74. The van der Waals surface area contributed by atoms with Gasteiger partial charge in [-0.3, -0.25) is 9.59 Å². The molecule has 0 bridgehead atoms. The molecule has 3 aromatic rings. The molecule has 0 aliphatic carbocycles. The number of hydrogen-bond acceptors (Lipinski definition) is 3. The smallest absolute Gasteiger partial charge is 0.257 e. The molecule has 5 heteroatoms. The number of hydrogen-bond donors (Lipinski definition) is 1. The van der Waals surface area contributed by atoms with E-state index in [2.05, 4.69) is 5.32 Å². The van der Waals surface area contributed by atoms with Gasteiger partial charge in [0.2, 0.25) is 5.91 Å². The lowest BCUT2D eigenvalue weighted by molar-refractivity contribution is -0.121. The summed E-state index contributed by atoms with van der Waals surface area (Å²) in [6, 6.07) is 21.3. The maximum atomic E-state index is 12.8. The van der Waals surface area contributed by atoms with Crippen molar-refractivity contribution in [3.8, 4) is 0 Å². The highest BCUT2D eigenvalue weighted by Gasteiger charge is 2.21. The fourth-order valence-corrected chi connectivity index (χ4v) is 3.48. The van der Waals surface area contributed by atoms with E-state index in [-0.39, 0.29) is 24.3 Å². The van der Waals surface area contributed by atoms with Crippen LogP contribution in [0.1, 0.15) is 53.1 Å². The first-order chi connectivity index (χ1) is 14.6. The highest BCUT2D eigenvalue weighted by Crippen LogP contribution is 2.22. The summed E-state index contributed by atoms with van der Waals surface area (Å²) < 4.78 is 5.26. The van der Waals surface area contributed by atoms with E-state index in [1.54, 1.807) is 17.9 Å². The summed E-state index contributed by atoms with van der Waals surface area (Å²) in [6.45, 7) is 4.74. The summed E-state index contributed by atoms with van der Waals surface area (Å²) >= 11 is 0. The molecule has 5 nitrogen and oxygen atoms in total. The van der Waals surface area contributed by atoms with Crippen molar-refractivity contribution in [3.05, 3.63) is 95.4 Å². The van der Waals surface area contributed by atoms with Crippen molar-refractivity contribution in [3.63, 3.8) is 0 Å². The first-order valence-corrected chi connectivity index (χ1v) is 10.3. The minimum absolute atomic E-state index is 0.0921. The number of nitrogens with one attached hydrogen (secondary N) is 1. The highest BCUT2D eigenvalue weighted by molar-refractivity contribution is 5.95. The first-order valence-electron chi connectivity index (χ1n) is 10.3. The van der Waals surface area contributed by atoms with E-state index in [4.69, 9.17) is 4.42 Å². The van der Waals surface area contributed by atoms with Crippen LogP contribution in [0, 0.1) is 6.92 Å². The third kappa shape index (κ3) is 5.38. The Labute approximate surface area is 177 Å². The Morgan fingerprint density at radius 3 is 2.03 bits per heavy atom. The Hall–Kier alpha value is -3.34. The van der Waals surface area contributed by atoms with Gasteiger partial charge in [0.1, 0.15) is 5.76 Å². The number of amides is 2. The summed E-state index contributed by atoms with van der Waals surface area (Å²) in [7, 11) is 0. The lowest BCUT2D eigenvalue weighted by Gasteiger charge is -2.23. The largest absolute Gasteiger partial charge is 0.469 e. The van der Waals surface area contributed by atoms with Crippen LogP contribution in [0.5, 0.6) is 0 Å². The summed E-state index contributed by atoms with van der Waals surface area (Å²) in [5.74, 6) is 0.405. The van der Waals surface area contributed by atoms with Gasteiger partial charge in [-0.1, -0.05) is 67.6 Å². The van der Waals surface area contributed by atoms with E-state index in [0.29, 0.717) is 24.4 Å². The molecule has 2 amide bonds. The average Bonchev–Trinajstić information content (AvgIpc) is 3.21. The van der Waals surface area contributed by atoms with E-state index in [0.717, 1.165) is 17.5 Å². The van der Waals surface area contributed by atoms with Crippen molar-refractivity contribution in [1.82, 2.24) is 10.2 Å². The number of carbonyl (C=O) groups is 2. The molecule has 0 saturated heterocycles. The third-order valence-electron chi connectivity index (χ3n) is 5.05. The molecule has 3 rings (SSSR count). The molecular weight excluding hydrogens is 376 g/mol. The molecule has 2 aromatic carbocycles. The maximum absolute atomic E-state index is 12.8. The summed E-state index contributed by atoms with van der Waals surface area (Å²) in [5, 5.41) is 3.14. The fraction of sp³-hybridized carbons (Fsp3) is 0.280. The lowest BCUT2D eigenvalue weighted by Crippen LogP contribution is -2.37. The van der Waals surface area contributed by atoms with E-state index in [9.17, 15) is 9.59 Å². The van der Waals surface area contributed by atoms with Gasteiger partial charge in [-0.2, -0.15) is 0 Å². The molecule has 1 N–H and O–H groups in total. The number of aryl methyl sites for hydroxylation is 1. The standard InChI is InChI=1S/C25H28N2O3/c1-3-16-27(25(29)22-15-18-30-19(22)2)17-14-23(28)26-24(20-10-6-4-7-11-20)21-12-8-5-9-13-21/h4-13,15,18,24H,3,14,16-17H2,1-2H3,(H,26,28). The van der Waals surface area contributed by atoms with Crippen molar-refractivity contribution in [1.29, 1.82) is 0 Å². The van der Waals surface area contributed by atoms with Crippen molar-refractivity contribution in [2.45, 2.75) is 32.7 Å². The molecule has 0 spiro atoms. The van der Waals surface area contributed by atoms with Crippen molar-refractivity contribution < 1.29 is 14.0 Å². The molecule has 0 aliphatic heterocycles. The Morgan fingerprint density at radius 2 is 1.53 bits per heavy atom. The normalized spacial score (nSPS) is 10.8. The summed E-state index contributed by atoms with van der Waals surface area (Å²) in [5.41, 5.74) is 2.59. The van der Waals surface area contributed by atoms with Crippen molar-refractivity contribution in [2.24, 2.45) is 0 Å². The summed E-state index contributed by atoms with van der Waals surface area (Å²) in [4.78, 5) is 27.4. The SMILES string of the molecule is CCCN(CCC(=O)NC(c1ccccc1)c1ccccc1)C(=O)c1ccoc1C. The van der Waals surface area contributed by atoms with Gasteiger partial charge in [0.25, 0.3) is 5.91 Å². The van der Waals surface area contributed by atoms with Crippen LogP contribution in [0.2, 0.25) is 0 Å². The molecule has 1 heterocycles. The summed E-state index contributed by atoms with van der Waals surface area (Å²) in [6.07, 6.45) is 2.57. The predicted molar refractivity (Wildman–Crippen MR) is 117 cm³/mol. The van der Waals surface area contributed by atoms with Gasteiger partial charge in [-0.05, 0) is 30.5 Å². The van der Waals surface area contributed by atoms with Crippen LogP contribution in [0.4, 0.5) is 0 Å². The van der Waals surface area contributed by atoms with Gasteiger partial charge in [0.05, 0.1) is 17.9 Å². The molecule has 0 atom stereocenters. The number of rotatable bonds is 9. The molecular formula is C25H28N2O3. The number of nitrogens with zero attached hydrogens (tertiary/aromatic N) is 1. The molecule has 156 valence electrons. The van der Waals surface area contributed by atoms with Crippen LogP contribution in [-0.4, -0.2) is 29.8 Å². The number of carbonyl (C=O) groups excluding carboxylic acids is 2. The van der Waals surface area contributed by atoms with E-state index in [1.807, 2.05) is 67.6 Å². The molecule has 0 saturated carbocycles. The fourth-order valence-electron chi connectivity index (χ4n) is 3.48. The van der Waals surface area contributed by atoms with Gasteiger partial charge in [-0.15, -0.1) is 0 Å². The van der Waals surface area contributed by atoms with Crippen LogP contribution in [0.3, 0.4) is 0 Å². The minimum atomic E-state index is -0.230. The van der Waals surface area contributed by atoms with Crippen LogP contribution < -0.4 is 5.32 Å². The van der Waals surface area contributed by atoms with E-state index >= 15 is 0 Å². The average molecular weight is 405 g/mol. The monoisotopic (exact) mass is 404 g/mol. The maximum Gasteiger partial charge on any atom is 0.257 e. The zero-order valence-electron chi connectivity index (χ0n) is 17.5. The second-order valence-corrected chi connectivity index (χ2v) is 7.25. The number of furan rings is 1. The van der Waals surface area contributed by atoms with Crippen LogP contribution in [0.25, 0.3) is 0 Å². The first kappa shape index (κ1) is 21.4. The van der Waals surface area contributed by atoms with Gasteiger partial charge in [-0.25, -0.2) is 0 Å². The number of benzene rings is 2. The second kappa shape index (κ2) is 10.4. The van der Waals surface area contributed by atoms with Gasteiger partial charge < -0.3 is 14.6 Å². The van der Waals surface area contributed by atoms with Crippen LogP contribution in [-0.2, 0) is 4.79 Å². The van der Waals surface area contributed by atoms with Crippen molar-refractivity contribution >= 4 is 11.8 Å². The Bertz CT molecular complexity index is 911. The van der Waals surface area contributed by atoms with Gasteiger partial charge in [0.15, 0.2) is 0 Å². The van der Waals surface area contributed by atoms with Crippen LogP contribution >= 0.6 is 0 Å². The molecule has 30 heavy (non-hydrogen) atoms. The van der Waals surface area contributed by atoms with Gasteiger partial charge >= 0.3 is 0 Å². The zero-order valence-corrected chi connectivity index (χ0v) is 17.5. The van der Waals surface area contributed by atoms with E-state index in [1.165, 1.54) is 6.26 Å². The second-order valence-electron chi connectivity index (χ2n) is 7.25. The van der Waals surface area contributed by atoms with Crippen molar-refractivity contribution in [2.75, 3.05) is 13.1 Å². The highest BCUT2D eigenvalue weighted by atomic mass is 16.3. The van der Waals surface area contributed by atoms with Gasteiger partial charge in [0, 0.05) is 19.5 Å². The Morgan fingerprint density at radius 1 is 0.933 bits per heavy atom. The molecule has 0 aliphatic rings. The Kier molecular flexibility index (Phi) is 7.44. The molecule has 0 radical (unpaired) electrons. The molecule has 1 aromatic heterocycles. The minimum Gasteiger partial charge on any atom is -0.469 e. The zero-order chi connectivity index (χ0) is 21.3. The molecule has 0 unspecified atom stereocenters. The molecule has 0 fully saturated rings. The topological polar surface area (TPSA) is 62.6 Å².